The molecule has 9 heteroatoms. The van der Waals surface area contributed by atoms with Crippen molar-refractivity contribution in [3.63, 3.8) is 0 Å². The van der Waals surface area contributed by atoms with Crippen molar-refractivity contribution in [2.75, 3.05) is 47.5 Å². The van der Waals surface area contributed by atoms with Gasteiger partial charge < -0.3 is 33.3 Å². The summed E-state index contributed by atoms with van der Waals surface area (Å²) in [6.45, 7) is 4.64. The molecule has 0 aliphatic rings. The maximum atomic E-state index is 12.9. The van der Waals surface area contributed by atoms with Gasteiger partial charge in [0.05, 0.1) is 40.3 Å². The molecule has 0 saturated heterocycles. The number of esters is 2. The number of carboxylic acids is 1. The Bertz CT molecular complexity index is 1380. The minimum atomic E-state index is -1.62. The van der Waals surface area contributed by atoms with Gasteiger partial charge in [-0.25, -0.2) is 0 Å². The molecule has 404 valence electrons. The highest BCUT2D eigenvalue weighted by Gasteiger charge is 2.22. The van der Waals surface area contributed by atoms with E-state index in [9.17, 15) is 19.5 Å². The standard InChI is InChI=1S/C61H107NO8/c1-6-8-10-12-14-16-18-20-22-24-25-26-27-28-29-30-31-32-33-34-35-36-38-40-42-44-46-48-50-52-59(64)70-57(56-69-61(60(65)66)67-54-53-62(3,4)5)55-68-58(63)51-49-47-45-43-41-39-37-23-21-19-17-15-13-11-9-7-2/h8,10,14,16,20,22,25-26,28-29,31-32,57,61H,6-7,9,11-13,15,17-19,21,23-24,27,30,33-56H2,1-5H3/b10-8-,16-14-,22-20-,26-25-,29-28-,32-31-. The smallest absolute Gasteiger partial charge is 0.306 e. The maximum absolute atomic E-state index is 12.9. The van der Waals surface area contributed by atoms with Crippen molar-refractivity contribution in [3.05, 3.63) is 72.9 Å². The molecule has 0 aromatic carbocycles. The summed E-state index contributed by atoms with van der Waals surface area (Å²) in [5, 5.41) is 11.8. The van der Waals surface area contributed by atoms with Gasteiger partial charge in [0.15, 0.2) is 12.4 Å². The number of nitrogens with zero attached hydrogens (tertiary/aromatic N) is 1. The molecule has 0 aliphatic carbocycles. The van der Waals surface area contributed by atoms with Crippen molar-refractivity contribution in [1.29, 1.82) is 0 Å². The first-order valence-electron chi connectivity index (χ1n) is 28.6. The fraction of sp³-hybridized carbons (Fsp3) is 0.754. The molecule has 0 fully saturated rings. The number of unbranched alkanes of at least 4 members (excludes halogenated alkanes) is 25. The van der Waals surface area contributed by atoms with Crippen molar-refractivity contribution in [2.24, 2.45) is 0 Å². The molecule has 2 atom stereocenters. The van der Waals surface area contributed by atoms with Gasteiger partial charge in [-0.1, -0.05) is 234 Å². The molecule has 70 heavy (non-hydrogen) atoms. The molecule has 0 aromatic rings. The molecule has 0 aliphatic heterocycles. The van der Waals surface area contributed by atoms with E-state index in [4.69, 9.17) is 18.9 Å². The summed E-state index contributed by atoms with van der Waals surface area (Å²) >= 11 is 0. The van der Waals surface area contributed by atoms with Crippen LogP contribution in [-0.4, -0.2) is 82.3 Å². The number of allylic oxidation sites excluding steroid dienone is 12. The fourth-order valence-corrected chi connectivity index (χ4v) is 7.83. The van der Waals surface area contributed by atoms with Gasteiger partial charge >= 0.3 is 11.9 Å². The average Bonchev–Trinajstić information content (AvgIpc) is 3.33. The van der Waals surface area contributed by atoms with Crippen LogP contribution in [0, 0.1) is 0 Å². The van der Waals surface area contributed by atoms with E-state index in [1.54, 1.807) is 0 Å². The molecule has 0 bridgehead atoms. The van der Waals surface area contributed by atoms with Crippen LogP contribution in [0.2, 0.25) is 0 Å². The van der Waals surface area contributed by atoms with Gasteiger partial charge in [-0.05, 0) is 64.2 Å². The van der Waals surface area contributed by atoms with Crippen molar-refractivity contribution in [2.45, 2.75) is 251 Å². The van der Waals surface area contributed by atoms with Crippen molar-refractivity contribution in [1.82, 2.24) is 0 Å². The zero-order chi connectivity index (χ0) is 51.3. The summed E-state index contributed by atoms with van der Waals surface area (Å²) in [4.78, 5) is 37.2. The Kier molecular flexibility index (Phi) is 49.6. The summed E-state index contributed by atoms with van der Waals surface area (Å²) in [7, 11) is 5.92. The Balaban J connectivity index is 4.24. The highest BCUT2D eigenvalue weighted by molar-refractivity contribution is 5.70. The molecular formula is C61H107NO8. The quantitative estimate of drug-likeness (QED) is 0.0195. The molecule has 0 spiro atoms. The van der Waals surface area contributed by atoms with E-state index in [0.717, 1.165) is 83.5 Å². The highest BCUT2D eigenvalue weighted by atomic mass is 16.7. The van der Waals surface area contributed by atoms with Crippen molar-refractivity contribution < 1.29 is 42.9 Å². The van der Waals surface area contributed by atoms with Crippen LogP contribution in [0.25, 0.3) is 0 Å². The molecule has 0 heterocycles. The lowest BCUT2D eigenvalue weighted by Crippen LogP contribution is -2.44. The number of hydrogen-bond donors (Lipinski definition) is 0. The Morgan fingerprint density at radius 1 is 0.443 bits per heavy atom. The molecule has 0 saturated carbocycles. The number of aliphatic carboxylic acids is 1. The summed E-state index contributed by atoms with van der Waals surface area (Å²) in [5.41, 5.74) is 0. The highest BCUT2D eigenvalue weighted by Crippen LogP contribution is 2.16. The number of quaternary nitrogens is 1. The maximum Gasteiger partial charge on any atom is 0.306 e. The molecule has 0 N–H and O–H groups in total. The van der Waals surface area contributed by atoms with E-state index >= 15 is 0 Å². The number of ether oxygens (including phenoxy) is 4. The van der Waals surface area contributed by atoms with Crippen LogP contribution in [0.15, 0.2) is 72.9 Å². The fourth-order valence-electron chi connectivity index (χ4n) is 7.83. The van der Waals surface area contributed by atoms with Crippen LogP contribution in [0.3, 0.4) is 0 Å². The average molecular weight is 983 g/mol. The first kappa shape index (κ1) is 66.7. The van der Waals surface area contributed by atoms with Gasteiger partial charge in [0, 0.05) is 12.8 Å². The van der Waals surface area contributed by atoms with Gasteiger partial charge in [-0.3, -0.25) is 9.59 Å². The number of likely N-dealkylation sites (N-methyl/N-ethyl adjacent to an activating group) is 1. The third-order valence-electron chi connectivity index (χ3n) is 12.2. The van der Waals surface area contributed by atoms with E-state index in [2.05, 4.69) is 86.8 Å². The van der Waals surface area contributed by atoms with Crippen LogP contribution in [0.1, 0.15) is 239 Å². The third kappa shape index (κ3) is 52.6. The number of rotatable bonds is 52. The zero-order valence-corrected chi connectivity index (χ0v) is 45.9. The van der Waals surface area contributed by atoms with E-state index < -0.39 is 24.3 Å². The Morgan fingerprint density at radius 2 is 0.814 bits per heavy atom. The summed E-state index contributed by atoms with van der Waals surface area (Å²) in [6, 6.07) is 0. The number of hydrogen-bond acceptors (Lipinski definition) is 8. The lowest BCUT2D eigenvalue weighted by atomic mass is 10.0. The molecule has 0 aromatic heterocycles. The second-order valence-electron chi connectivity index (χ2n) is 20.2. The molecule has 9 nitrogen and oxygen atoms in total. The van der Waals surface area contributed by atoms with Crippen LogP contribution >= 0.6 is 0 Å². The SMILES string of the molecule is CC/C=C\C/C=C\C/C=C\C/C=C\C/C=C\C/C=C\CCCCCCCCCCCCC(=O)OC(COC(=O)CCCCCCCCCCCCCCCCCC)COC(OCC[N+](C)(C)C)C(=O)[O-]. The lowest BCUT2D eigenvalue weighted by Gasteiger charge is -2.26. The summed E-state index contributed by atoms with van der Waals surface area (Å²) < 4.78 is 22.7. The van der Waals surface area contributed by atoms with Crippen LogP contribution < -0.4 is 5.11 Å². The molecule has 0 amide bonds. The molecule has 2 unspecified atom stereocenters. The van der Waals surface area contributed by atoms with E-state index in [0.29, 0.717) is 23.9 Å². The van der Waals surface area contributed by atoms with Gasteiger partial charge in [-0.2, -0.15) is 0 Å². The lowest BCUT2D eigenvalue weighted by molar-refractivity contribution is -0.870. The predicted molar refractivity (Wildman–Crippen MR) is 292 cm³/mol. The van der Waals surface area contributed by atoms with Gasteiger partial charge in [0.1, 0.15) is 13.2 Å². The minimum absolute atomic E-state index is 0.145. The second kappa shape index (κ2) is 52.1. The van der Waals surface area contributed by atoms with E-state index in [-0.39, 0.29) is 32.2 Å². The summed E-state index contributed by atoms with van der Waals surface area (Å²) in [5.74, 6) is -2.28. The van der Waals surface area contributed by atoms with E-state index in [1.165, 1.54) is 122 Å². The summed E-state index contributed by atoms with van der Waals surface area (Å²) in [6.07, 6.45) is 63.7. The Hall–Kier alpha value is -3.27. The van der Waals surface area contributed by atoms with Gasteiger partial charge in [-0.15, -0.1) is 0 Å². The van der Waals surface area contributed by atoms with Crippen LogP contribution in [0.4, 0.5) is 0 Å². The third-order valence-corrected chi connectivity index (χ3v) is 12.2. The first-order chi connectivity index (χ1) is 34.1. The van der Waals surface area contributed by atoms with Gasteiger partial charge in [0.25, 0.3) is 0 Å². The van der Waals surface area contributed by atoms with Crippen LogP contribution in [-0.2, 0) is 33.3 Å². The first-order valence-corrected chi connectivity index (χ1v) is 28.6. The minimum Gasteiger partial charge on any atom is -0.545 e. The molecule has 0 radical (unpaired) electrons. The Labute approximate surface area is 430 Å². The monoisotopic (exact) mass is 982 g/mol. The molecular weight excluding hydrogens is 875 g/mol. The predicted octanol–water partition coefficient (Wildman–Crippen LogP) is 15.3. The van der Waals surface area contributed by atoms with Gasteiger partial charge in [0.2, 0.25) is 0 Å². The van der Waals surface area contributed by atoms with E-state index in [1.807, 2.05) is 21.1 Å². The topological polar surface area (TPSA) is 111 Å². The van der Waals surface area contributed by atoms with Crippen molar-refractivity contribution >= 4 is 17.9 Å². The second-order valence-corrected chi connectivity index (χ2v) is 20.2. The number of carboxylic acid groups (broad SMARTS) is 1. The van der Waals surface area contributed by atoms with Crippen molar-refractivity contribution in [3.8, 4) is 0 Å². The number of carbonyl (C=O) groups excluding carboxylic acids is 3. The number of carbonyl (C=O) groups is 3. The van der Waals surface area contributed by atoms with Crippen LogP contribution in [0.5, 0.6) is 0 Å². The zero-order valence-electron chi connectivity index (χ0n) is 45.9. The molecule has 0 rings (SSSR count). The normalized spacial score (nSPS) is 13.3. The largest absolute Gasteiger partial charge is 0.545 e. The Morgan fingerprint density at radius 3 is 1.21 bits per heavy atom.